The Morgan fingerprint density at radius 2 is 2.15 bits per heavy atom. The minimum absolute atomic E-state index is 0.220. The molecule has 0 bridgehead atoms. The highest BCUT2D eigenvalue weighted by atomic mass is 15.0. The molecule has 0 aliphatic heterocycles. The van der Waals surface area contributed by atoms with E-state index in [2.05, 4.69) is 36.1 Å². The monoisotopic (exact) mass is 180 g/mol. The summed E-state index contributed by atoms with van der Waals surface area (Å²) in [6.07, 6.45) is 3.08. The van der Waals surface area contributed by atoms with E-state index < -0.39 is 0 Å². The Balaban J connectivity index is 2.60. The van der Waals surface area contributed by atoms with Crippen LogP contribution in [-0.4, -0.2) is 16.5 Å². The molecular formula is C9H16N4. The van der Waals surface area contributed by atoms with Crippen LogP contribution in [0.5, 0.6) is 0 Å². The van der Waals surface area contributed by atoms with Gasteiger partial charge in [0, 0.05) is 6.54 Å². The molecule has 0 saturated carbocycles. The van der Waals surface area contributed by atoms with Gasteiger partial charge in [-0.3, -0.25) is 0 Å². The highest BCUT2D eigenvalue weighted by molar-refractivity contribution is 5.58. The Kier molecular flexibility index (Phi) is 2.70. The van der Waals surface area contributed by atoms with Crippen molar-refractivity contribution in [3.8, 4) is 0 Å². The molecule has 0 aromatic carbocycles. The van der Waals surface area contributed by atoms with Crippen molar-refractivity contribution < 1.29 is 0 Å². The van der Waals surface area contributed by atoms with Crippen molar-refractivity contribution in [2.75, 3.05) is 17.6 Å². The van der Waals surface area contributed by atoms with E-state index >= 15 is 0 Å². The van der Waals surface area contributed by atoms with Crippen LogP contribution in [0.2, 0.25) is 0 Å². The number of rotatable bonds is 2. The van der Waals surface area contributed by atoms with Crippen molar-refractivity contribution in [3.63, 3.8) is 0 Å². The van der Waals surface area contributed by atoms with E-state index in [4.69, 9.17) is 5.73 Å². The van der Waals surface area contributed by atoms with Crippen LogP contribution in [0.4, 0.5) is 11.5 Å². The number of nitrogens with two attached hydrogens (primary N) is 1. The average Bonchev–Trinajstić information content (AvgIpc) is 2.01. The normalized spacial score (nSPS) is 11.3. The first kappa shape index (κ1) is 9.77. The van der Waals surface area contributed by atoms with Crippen molar-refractivity contribution in [1.82, 2.24) is 9.97 Å². The van der Waals surface area contributed by atoms with Crippen LogP contribution in [-0.2, 0) is 0 Å². The van der Waals surface area contributed by atoms with Crippen molar-refractivity contribution in [2.24, 2.45) is 5.41 Å². The van der Waals surface area contributed by atoms with Crippen LogP contribution in [0.3, 0.4) is 0 Å². The van der Waals surface area contributed by atoms with Gasteiger partial charge in [0.05, 0.1) is 11.9 Å². The average molecular weight is 180 g/mol. The van der Waals surface area contributed by atoms with Crippen LogP contribution in [0.1, 0.15) is 20.8 Å². The molecule has 0 fully saturated rings. The summed E-state index contributed by atoms with van der Waals surface area (Å²) in [5.41, 5.74) is 6.47. The first-order chi connectivity index (χ1) is 5.99. The summed E-state index contributed by atoms with van der Waals surface area (Å²) in [4.78, 5) is 7.85. The highest BCUT2D eigenvalue weighted by Gasteiger charge is 2.10. The van der Waals surface area contributed by atoms with Crippen molar-refractivity contribution in [2.45, 2.75) is 20.8 Å². The quantitative estimate of drug-likeness (QED) is 0.724. The second kappa shape index (κ2) is 3.60. The molecule has 0 amide bonds. The number of aromatic nitrogens is 2. The predicted octanol–water partition coefficient (Wildman–Crippen LogP) is 1.52. The number of anilines is 2. The standard InChI is InChI=1S/C9H16N4/c1-9(2,3)5-12-8-7(10)4-11-6-13-8/h4,6H,5,10H2,1-3H3,(H,11,12,13). The summed E-state index contributed by atoms with van der Waals surface area (Å²) in [7, 11) is 0. The second-order valence-electron chi connectivity index (χ2n) is 4.24. The number of hydrogen-bond acceptors (Lipinski definition) is 4. The van der Waals surface area contributed by atoms with Gasteiger partial charge in [0.25, 0.3) is 0 Å². The zero-order valence-electron chi connectivity index (χ0n) is 8.33. The van der Waals surface area contributed by atoms with Gasteiger partial charge < -0.3 is 11.1 Å². The Labute approximate surface area is 78.6 Å². The van der Waals surface area contributed by atoms with Gasteiger partial charge >= 0.3 is 0 Å². The van der Waals surface area contributed by atoms with Crippen LogP contribution in [0.25, 0.3) is 0 Å². The van der Waals surface area contributed by atoms with Gasteiger partial charge in [-0.25, -0.2) is 9.97 Å². The van der Waals surface area contributed by atoms with Gasteiger partial charge in [0.1, 0.15) is 6.33 Å². The van der Waals surface area contributed by atoms with E-state index in [9.17, 15) is 0 Å². The van der Waals surface area contributed by atoms with Crippen LogP contribution in [0, 0.1) is 5.41 Å². The molecular weight excluding hydrogens is 164 g/mol. The van der Waals surface area contributed by atoms with E-state index in [1.165, 1.54) is 6.33 Å². The fourth-order valence-corrected chi connectivity index (χ4v) is 0.837. The molecule has 0 aliphatic rings. The lowest BCUT2D eigenvalue weighted by atomic mass is 9.97. The first-order valence-electron chi connectivity index (χ1n) is 4.28. The molecule has 13 heavy (non-hydrogen) atoms. The van der Waals surface area contributed by atoms with E-state index in [1.54, 1.807) is 6.20 Å². The lowest BCUT2D eigenvalue weighted by molar-refractivity contribution is 0.442. The van der Waals surface area contributed by atoms with Crippen LogP contribution < -0.4 is 11.1 Å². The fourth-order valence-electron chi connectivity index (χ4n) is 0.837. The van der Waals surface area contributed by atoms with E-state index in [-0.39, 0.29) is 5.41 Å². The maximum absolute atomic E-state index is 5.66. The third kappa shape index (κ3) is 3.27. The molecule has 1 heterocycles. The van der Waals surface area contributed by atoms with Crippen LogP contribution >= 0.6 is 0 Å². The molecule has 1 aromatic heterocycles. The third-order valence-electron chi connectivity index (χ3n) is 1.53. The minimum Gasteiger partial charge on any atom is -0.394 e. The second-order valence-corrected chi connectivity index (χ2v) is 4.24. The third-order valence-corrected chi connectivity index (χ3v) is 1.53. The SMILES string of the molecule is CC(C)(C)CNc1ncncc1N. The van der Waals surface area contributed by atoms with Gasteiger partial charge in [-0.1, -0.05) is 20.8 Å². The molecule has 0 spiro atoms. The van der Waals surface area contributed by atoms with Gasteiger partial charge in [0.15, 0.2) is 5.82 Å². The summed E-state index contributed by atoms with van der Waals surface area (Å²) in [6, 6.07) is 0. The van der Waals surface area contributed by atoms with Crippen molar-refractivity contribution in [3.05, 3.63) is 12.5 Å². The molecule has 0 radical (unpaired) electrons. The molecule has 3 N–H and O–H groups in total. The molecule has 1 aromatic rings. The van der Waals surface area contributed by atoms with E-state index in [0.29, 0.717) is 11.5 Å². The highest BCUT2D eigenvalue weighted by Crippen LogP contribution is 2.17. The fraction of sp³-hybridized carbons (Fsp3) is 0.556. The van der Waals surface area contributed by atoms with E-state index in [0.717, 1.165) is 6.54 Å². The molecule has 0 unspecified atom stereocenters. The van der Waals surface area contributed by atoms with Gasteiger partial charge in [-0.15, -0.1) is 0 Å². The lowest BCUT2D eigenvalue weighted by Gasteiger charge is -2.19. The molecule has 0 saturated heterocycles. The molecule has 72 valence electrons. The first-order valence-corrected chi connectivity index (χ1v) is 4.28. The molecule has 0 atom stereocenters. The number of nitrogen functional groups attached to an aromatic ring is 1. The summed E-state index contributed by atoms with van der Waals surface area (Å²) >= 11 is 0. The maximum Gasteiger partial charge on any atom is 0.152 e. The Bertz CT molecular complexity index is 277. The molecule has 4 heteroatoms. The van der Waals surface area contributed by atoms with Gasteiger partial charge in [-0.05, 0) is 5.41 Å². The summed E-state index contributed by atoms with van der Waals surface area (Å²) in [6.45, 7) is 7.29. The number of hydrogen-bond donors (Lipinski definition) is 2. The predicted molar refractivity (Wildman–Crippen MR) is 54.4 cm³/mol. The smallest absolute Gasteiger partial charge is 0.152 e. The van der Waals surface area contributed by atoms with Crippen LogP contribution in [0.15, 0.2) is 12.5 Å². The molecule has 4 nitrogen and oxygen atoms in total. The van der Waals surface area contributed by atoms with Crippen molar-refractivity contribution in [1.29, 1.82) is 0 Å². The molecule has 1 rings (SSSR count). The zero-order valence-corrected chi connectivity index (χ0v) is 8.33. The maximum atomic E-state index is 5.66. The largest absolute Gasteiger partial charge is 0.394 e. The minimum atomic E-state index is 0.220. The number of nitrogens with one attached hydrogen (secondary N) is 1. The molecule has 0 aliphatic carbocycles. The van der Waals surface area contributed by atoms with Crippen molar-refractivity contribution >= 4 is 11.5 Å². The summed E-state index contributed by atoms with van der Waals surface area (Å²) in [5, 5.41) is 3.18. The Morgan fingerprint density at radius 3 is 2.69 bits per heavy atom. The topological polar surface area (TPSA) is 63.8 Å². The number of nitrogens with zero attached hydrogens (tertiary/aromatic N) is 2. The van der Waals surface area contributed by atoms with Gasteiger partial charge in [0.2, 0.25) is 0 Å². The summed E-state index contributed by atoms with van der Waals surface area (Å²) in [5.74, 6) is 0.713. The van der Waals surface area contributed by atoms with Gasteiger partial charge in [-0.2, -0.15) is 0 Å². The Morgan fingerprint density at radius 1 is 1.46 bits per heavy atom. The zero-order chi connectivity index (χ0) is 9.90. The summed E-state index contributed by atoms with van der Waals surface area (Å²) < 4.78 is 0. The Hall–Kier alpha value is -1.32. The lowest BCUT2D eigenvalue weighted by Crippen LogP contribution is -2.20. The van der Waals surface area contributed by atoms with E-state index in [1.807, 2.05) is 0 Å².